The van der Waals surface area contributed by atoms with Crippen LogP contribution in [0.15, 0.2) is 53.0 Å². The number of nitrogens with zero attached hydrogens (tertiary/aromatic N) is 1. The highest BCUT2D eigenvalue weighted by molar-refractivity contribution is 9.10. The summed E-state index contributed by atoms with van der Waals surface area (Å²) in [6.07, 6.45) is 2.55. The Morgan fingerprint density at radius 1 is 1.05 bits per heavy atom. The van der Waals surface area contributed by atoms with Crippen molar-refractivity contribution in [3.63, 3.8) is 0 Å². The second-order valence-corrected chi connectivity index (χ2v) is 7.01. The van der Waals surface area contributed by atoms with Gasteiger partial charge in [0.1, 0.15) is 0 Å². The predicted octanol–water partition coefficient (Wildman–Crippen LogP) is 5.14. The van der Waals surface area contributed by atoms with E-state index in [1.165, 1.54) is 47.1 Å². The predicted molar refractivity (Wildman–Crippen MR) is 92.6 cm³/mol. The molecule has 2 aromatic rings. The summed E-state index contributed by atoms with van der Waals surface area (Å²) in [4.78, 5) is 2.58. The Kier molecular flexibility index (Phi) is 4.77. The number of hydrogen-bond acceptors (Lipinski definition) is 1. The van der Waals surface area contributed by atoms with E-state index in [1.807, 2.05) is 0 Å². The van der Waals surface area contributed by atoms with Crippen LogP contribution in [-0.2, 0) is 6.54 Å². The second-order valence-electron chi connectivity index (χ2n) is 6.09. The van der Waals surface area contributed by atoms with Gasteiger partial charge in [-0.25, -0.2) is 0 Å². The van der Waals surface area contributed by atoms with Crippen LogP contribution in [-0.4, -0.2) is 18.0 Å². The molecule has 1 nitrogen and oxygen atoms in total. The Bertz CT molecular complexity index is 600. The zero-order valence-corrected chi connectivity index (χ0v) is 14.1. The Morgan fingerprint density at radius 3 is 2.52 bits per heavy atom. The van der Waals surface area contributed by atoms with Gasteiger partial charge < -0.3 is 0 Å². The van der Waals surface area contributed by atoms with Crippen molar-refractivity contribution in [3.8, 4) is 0 Å². The Labute approximate surface area is 136 Å². The molecule has 0 aliphatic carbocycles. The van der Waals surface area contributed by atoms with E-state index in [1.54, 1.807) is 0 Å². The summed E-state index contributed by atoms with van der Waals surface area (Å²) in [5.74, 6) is 0.739. The smallest absolute Gasteiger partial charge is 0.0234 e. The minimum absolute atomic E-state index is 0.739. The number of piperidine rings is 1. The van der Waals surface area contributed by atoms with Crippen molar-refractivity contribution in [1.29, 1.82) is 0 Å². The lowest BCUT2D eigenvalue weighted by molar-refractivity contribution is 0.204. The zero-order valence-electron chi connectivity index (χ0n) is 12.6. The van der Waals surface area contributed by atoms with Gasteiger partial charge in [-0.3, -0.25) is 4.90 Å². The van der Waals surface area contributed by atoms with Crippen LogP contribution in [0.5, 0.6) is 0 Å². The van der Waals surface area contributed by atoms with Gasteiger partial charge in [0.2, 0.25) is 0 Å². The number of likely N-dealkylation sites (tertiary alicyclic amines) is 1. The fraction of sp³-hybridized carbons (Fsp3) is 0.368. The Hall–Kier alpha value is -1.12. The van der Waals surface area contributed by atoms with Crippen LogP contribution >= 0.6 is 15.9 Å². The molecule has 1 saturated heterocycles. The number of aryl methyl sites for hydroxylation is 1. The molecule has 0 unspecified atom stereocenters. The van der Waals surface area contributed by atoms with E-state index >= 15 is 0 Å². The van der Waals surface area contributed by atoms with Gasteiger partial charge >= 0.3 is 0 Å². The van der Waals surface area contributed by atoms with Gasteiger partial charge in [-0.15, -0.1) is 0 Å². The van der Waals surface area contributed by atoms with Crippen molar-refractivity contribution < 1.29 is 0 Å². The lowest BCUT2D eigenvalue weighted by Gasteiger charge is -2.32. The maximum absolute atomic E-state index is 3.56. The average Bonchev–Trinajstić information content (AvgIpc) is 2.48. The quantitative estimate of drug-likeness (QED) is 0.745. The maximum Gasteiger partial charge on any atom is 0.0234 e. The van der Waals surface area contributed by atoms with Crippen LogP contribution in [0.2, 0.25) is 0 Å². The molecule has 1 fully saturated rings. The second kappa shape index (κ2) is 6.76. The highest BCUT2D eigenvalue weighted by Crippen LogP contribution is 2.29. The SMILES string of the molecule is Cc1cccc(C2CCN(Cc3cccc(Br)c3)CC2)c1. The molecule has 1 aliphatic heterocycles. The molecule has 0 radical (unpaired) electrons. The largest absolute Gasteiger partial charge is 0.299 e. The zero-order chi connectivity index (χ0) is 14.7. The first-order valence-electron chi connectivity index (χ1n) is 7.74. The molecule has 3 rings (SSSR count). The highest BCUT2D eigenvalue weighted by Gasteiger charge is 2.20. The lowest BCUT2D eigenvalue weighted by atomic mass is 9.88. The monoisotopic (exact) mass is 343 g/mol. The molecule has 1 aliphatic rings. The van der Waals surface area contributed by atoms with Crippen molar-refractivity contribution in [2.45, 2.75) is 32.2 Å². The molecule has 0 atom stereocenters. The van der Waals surface area contributed by atoms with E-state index in [2.05, 4.69) is 76.3 Å². The first-order chi connectivity index (χ1) is 10.2. The molecule has 110 valence electrons. The van der Waals surface area contributed by atoms with Gasteiger partial charge in [0.05, 0.1) is 0 Å². The van der Waals surface area contributed by atoms with Crippen LogP contribution in [0.25, 0.3) is 0 Å². The normalized spacial score (nSPS) is 17.0. The standard InChI is InChI=1S/C19H22BrN/c1-15-4-2-6-18(12-15)17-8-10-21(11-9-17)14-16-5-3-7-19(20)13-16/h2-7,12-13,17H,8-11,14H2,1H3. The van der Waals surface area contributed by atoms with Crippen LogP contribution in [0.4, 0.5) is 0 Å². The summed E-state index contributed by atoms with van der Waals surface area (Å²) in [5.41, 5.74) is 4.31. The minimum Gasteiger partial charge on any atom is -0.299 e. The van der Waals surface area contributed by atoms with E-state index in [0.29, 0.717) is 0 Å². The van der Waals surface area contributed by atoms with Gasteiger partial charge in [0.25, 0.3) is 0 Å². The van der Waals surface area contributed by atoms with Gasteiger partial charge in [-0.2, -0.15) is 0 Å². The Morgan fingerprint density at radius 2 is 1.81 bits per heavy atom. The van der Waals surface area contributed by atoms with Crippen molar-refractivity contribution in [3.05, 3.63) is 69.7 Å². The summed E-state index contributed by atoms with van der Waals surface area (Å²) >= 11 is 3.56. The molecule has 0 saturated carbocycles. The number of halogens is 1. The van der Waals surface area contributed by atoms with E-state index in [4.69, 9.17) is 0 Å². The topological polar surface area (TPSA) is 3.24 Å². The van der Waals surface area contributed by atoms with Crippen molar-refractivity contribution >= 4 is 15.9 Å². The lowest BCUT2D eigenvalue weighted by Crippen LogP contribution is -2.32. The van der Waals surface area contributed by atoms with E-state index in [-0.39, 0.29) is 0 Å². The average molecular weight is 344 g/mol. The van der Waals surface area contributed by atoms with Crippen molar-refractivity contribution in [1.82, 2.24) is 4.90 Å². The van der Waals surface area contributed by atoms with Crippen LogP contribution in [0.1, 0.15) is 35.4 Å². The summed E-state index contributed by atoms with van der Waals surface area (Å²) < 4.78 is 1.18. The number of hydrogen-bond donors (Lipinski definition) is 0. The molecule has 2 aromatic carbocycles. The molecule has 0 amide bonds. The van der Waals surface area contributed by atoms with E-state index in [9.17, 15) is 0 Å². The van der Waals surface area contributed by atoms with Gasteiger partial charge in [0, 0.05) is 11.0 Å². The molecular formula is C19H22BrN. The maximum atomic E-state index is 3.56. The van der Waals surface area contributed by atoms with Gasteiger partial charge in [-0.1, -0.05) is 57.9 Å². The first kappa shape index (κ1) is 14.8. The number of rotatable bonds is 3. The van der Waals surface area contributed by atoms with Crippen LogP contribution in [0, 0.1) is 6.92 Å². The third kappa shape index (κ3) is 3.96. The molecule has 1 heterocycles. The molecule has 0 bridgehead atoms. The molecule has 2 heteroatoms. The first-order valence-corrected chi connectivity index (χ1v) is 8.53. The number of benzene rings is 2. The summed E-state index contributed by atoms with van der Waals surface area (Å²) in [5, 5.41) is 0. The fourth-order valence-electron chi connectivity index (χ4n) is 3.24. The van der Waals surface area contributed by atoms with Crippen LogP contribution in [0.3, 0.4) is 0 Å². The molecular weight excluding hydrogens is 322 g/mol. The molecule has 0 N–H and O–H groups in total. The van der Waals surface area contributed by atoms with Crippen LogP contribution < -0.4 is 0 Å². The Balaban J connectivity index is 1.58. The molecule has 21 heavy (non-hydrogen) atoms. The fourth-order valence-corrected chi connectivity index (χ4v) is 3.69. The molecule has 0 aromatic heterocycles. The van der Waals surface area contributed by atoms with E-state index in [0.717, 1.165) is 12.5 Å². The van der Waals surface area contributed by atoms with Crippen molar-refractivity contribution in [2.75, 3.05) is 13.1 Å². The van der Waals surface area contributed by atoms with Crippen molar-refractivity contribution in [2.24, 2.45) is 0 Å². The minimum atomic E-state index is 0.739. The van der Waals surface area contributed by atoms with E-state index < -0.39 is 0 Å². The third-order valence-electron chi connectivity index (χ3n) is 4.40. The molecule has 0 spiro atoms. The van der Waals surface area contributed by atoms with Gasteiger partial charge in [0.15, 0.2) is 0 Å². The van der Waals surface area contributed by atoms with Gasteiger partial charge in [-0.05, 0) is 62.0 Å². The summed E-state index contributed by atoms with van der Waals surface area (Å²) in [6, 6.07) is 17.7. The third-order valence-corrected chi connectivity index (χ3v) is 4.89. The summed E-state index contributed by atoms with van der Waals surface area (Å²) in [7, 11) is 0. The summed E-state index contributed by atoms with van der Waals surface area (Å²) in [6.45, 7) is 5.65. The highest BCUT2D eigenvalue weighted by atomic mass is 79.9.